The van der Waals surface area contributed by atoms with Gasteiger partial charge in [0.15, 0.2) is 9.84 Å². The zero-order chi connectivity index (χ0) is 24.0. The molecular weight excluding hydrogens is 470 g/mol. The molecule has 0 spiro atoms. The average Bonchev–Trinajstić information content (AvgIpc) is 3.20. The van der Waals surface area contributed by atoms with Crippen molar-refractivity contribution >= 4 is 33.2 Å². The molecule has 13 heteroatoms. The summed E-state index contributed by atoms with van der Waals surface area (Å²) in [6.45, 7) is 1.48. The zero-order valence-electron chi connectivity index (χ0n) is 17.3. The topological polar surface area (TPSA) is 113 Å². The summed E-state index contributed by atoms with van der Waals surface area (Å²) in [6, 6.07) is 3.58. The third-order valence-electron chi connectivity index (χ3n) is 4.48. The van der Waals surface area contributed by atoms with Gasteiger partial charge in [0, 0.05) is 32.1 Å². The number of sulfone groups is 1. The molecule has 0 fully saturated rings. The predicted molar refractivity (Wildman–Crippen MR) is 109 cm³/mol. The Balaban J connectivity index is 2.03. The molecule has 0 bridgehead atoms. The van der Waals surface area contributed by atoms with E-state index in [9.17, 15) is 26.8 Å². The number of nitrogens with zero attached hydrogens (tertiary/aromatic N) is 4. The van der Waals surface area contributed by atoms with Crippen molar-refractivity contribution in [3.05, 3.63) is 57.5 Å². The number of ketones is 1. The Kier molecular flexibility index (Phi) is 6.20. The monoisotopic (exact) mass is 486 g/mol. The van der Waals surface area contributed by atoms with Crippen molar-refractivity contribution in [1.82, 2.24) is 19.6 Å². The molecule has 9 nitrogen and oxygen atoms in total. The lowest BCUT2D eigenvalue weighted by atomic mass is 10.0. The van der Waals surface area contributed by atoms with E-state index >= 15 is 0 Å². The summed E-state index contributed by atoms with van der Waals surface area (Å²) >= 11 is 6.14. The van der Waals surface area contributed by atoms with Crippen LogP contribution in [0.5, 0.6) is 5.88 Å². The number of benzene rings is 1. The standard InChI is InChI=1S/C19H17ClF2N4O5S/c1-9-14(16(27)11-6-5-10(7-13(11)20)32(4,29)30)18(26(3)23-9)31-19(28)12-8-25(2)24-15(12)17(21)22/h5-8,17H,1-4H3. The highest BCUT2D eigenvalue weighted by Gasteiger charge is 2.30. The Hall–Kier alpha value is -3.12. The van der Waals surface area contributed by atoms with Crippen LogP contribution in [-0.4, -0.2) is 46.0 Å². The molecule has 0 aliphatic carbocycles. The van der Waals surface area contributed by atoms with Gasteiger partial charge in [-0.2, -0.15) is 10.2 Å². The van der Waals surface area contributed by atoms with E-state index < -0.39 is 39.3 Å². The minimum atomic E-state index is -3.55. The normalized spacial score (nSPS) is 11.8. The molecule has 0 radical (unpaired) electrons. The number of aryl methyl sites for hydroxylation is 3. The maximum absolute atomic E-state index is 13.2. The molecule has 1 aromatic carbocycles. The van der Waals surface area contributed by atoms with Crippen LogP contribution < -0.4 is 4.74 Å². The first kappa shape index (κ1) is 23.5. The van der Waals surface area contributed by atoms with Gasteiger partial charge in [-0.1, -0.05) is 11.6 Å². The average molecular weight is 487 g/mol. The zero-order valence-corrected chi connectivity index (χ0v) is 18.8. The van der Waals surface area contributed by atoms with Gasteiger partial charge < -0.3 is 4.74 Å². The Morgan fingerprint density at radius 1 is 1.16 bits per heavy atom. The largest absolute Gasteiger partial charge is 0.403 e. The van der Waals surface area contributed by atoms with Crippen LogP contribution in [0.3, 0.4) is 0 Å². The van der Waals surface area contributed by atoms with E-state index in [1.54, 1.807) is 0 Å². The first-order valence-electron chi connectivity index (χ1n) is 8.93. The van der Waals surface area contributed by atoms with Gasteiger partial charge >= 0.3 is 5.97 Å². The molecule has 3 rings (SSSR count). The maximum atomic E-state index is 13.2. The van der Waals surface area contributed by atoms with Crippen molar-refractivity contribution in [3.63, 3.8) is 0 Å². The number of alkyl halides is 2. The van der Waals surface area contributed by atoms with Crippen LogP contribution in [0, 0.1) is 6.92 Å². The number of hydrogen-bond acceptors (Lipinski definition) is 7. The Labute approximate surface area is 186 Å². The molecule has 0 N–H and O–H groups in total. The molecule has 0 saturated heterocycles. The van der Waals surface area contributed by atoms with Crippen LogP contribution in [0.25, 0.3) is 0 Å². The second kappa shape index (κ2) is 8.43. The van der Waals surface area contributed by atoms with Crippen LogP contribution in [0.15, 0.2) is 29.3 Å². The Morgan fingerprint density at radius 2 is 1.81 bits per heavy atom. The molecule has 0 aliphatic heterocycles. The van der Waals surface area contributed by atoms with Crippen LogP contribution in [0.4, 0.5) is 8.78 Å². The minimum Gasteiger partial charge on any atom is -0.403 e. The van der Waals surface area contributed by atoms with Crippen LogP contribution >= 0.6 is 11.6 Å². The molecule has 0 aliphatic rings. The van der Waals surface area contributed by atoms with Gasteiger partial charge in [0.1, 0.15) is 16.8 Å². The van der Waals surface area contributed by atoms with Crippen molar-refractivity contribution in [2.24, 2.45) is 14.1 Å². The Bertz CT molecular complexity index is 1350. The maximum Gasteiger partial charge on any atom is 0.348 e. The van der Waals surface area contributed by atoms with E-state index in [0.29, 0.717) is 0 Å². The van der Waals surface area contributed by atoms with Crippen molar-refractivity contribution in [2.45, 2.75) is 18.2 Å². The second-order valence-electron chi connectivity index (χ2n) is 6.92. The lowest BCUT2D eigenvalue weighted by Gasteiger charge is -2.09. The fraction of sp³-hybridized carbons (Fsp3) is 0.263. The van der Waals surface area contributed by atoms with Crippen molar-refractivity contribution in [3.8, 4) is 5.88 Å². The van der Waals surface area contributed by atoms with Crippen LogP contribution in [0.2, 0.25) is 5.02 Å². The van der Waals surface area contributed by atoms with Gasteiger partial charge in [0.05, 0.1) is 15.6 Å². The number of hydrogen-bond donors (Lipinski definition) is 0. The first-order chi connectivity index (χ1) is 14.8. The summed E-state index contributed by atoms with van der Waals surface area (Å²) in [5.41, 5.74) is -1.22. The van der Waals surface area contributed by atoms with E-state index in [1.807, 2.05) is 0 Å². The summed E-state index contributed by atoms with van der Waals surface area (Å²) in [5.74, 6) is -2.13. The fourth-order valence-corrected chi connectivity index (χ4v) is 4.01. The lowest BCUT2D eigenvalue weighted by molar-refractivity contribution is 0.0705. The summed E-state index contributed by atoms with van der Waals surface area (Å²) < 4.78 is 57.2. The van der Waals surface area contributed by atoms with Crippen LogP contribution in [0.1, 0.15) is 44.1 Å². The Morgan fingerprint density at radius 3 is 2.38 bits per heavy atom. The van der Waals surface area contributed by atoms with Gasteiger partial charge in [-0.25, -0.2) is 26.7 Å². The number of esters is 1. The van der Waals surface area contributed by atoms with Crippen molar-refractivity contribution in [1.29, 1.82) is 0 Å². The molecule has 0 unspecified atom stereocenters. The van der Waals surface area contributed by atoms with Crippen molar-refractivity contribution in [2.75, 3.05) is 6.26 Å². The van der Waals surface area contributed by atoms with Gasteiger partial charge in [0.2, 0.25) is 11.7 Å². The number of carbonyl (C=O) groups is 2. The fourth-order valence-electron chi connectivity index (χ4n) is 3.03. The summed E-state index contributed by atoms with van der Waals surface area (Å²) in [4.78, 5) is 25.7. The molecule has 2 aromatic heterocycles. The van der Waals surface area contributed by atoms with Gasteiger partial charge in [-0.15, -0.1) is 0 Å². The van der Waals surface area contributed by atoms with Gasteiger partial charge in [-0.05, 0) is 25.1 Å². The molecule has 0 atom stereocenters. The predicted octanol–water partition coefficient (Wildman–Crippen LogP) is 2.91. The van der Waals surface area contributed by atoms with Gasteiger partial charge in [-0.3, -0.25) is 9.48 Å². The van der Waals surface area contributed by atoms with E-state index in [1.165, 1.54) is 33.2 Å². The molecule has 170 valence electrons. The van der Waals surface area contributed by atoms with E-state index in [0.717, 1.165) is 27.9 Å². The number of halogens is 3. The summed E-state index contributed by atoms with van der Waals surface area (Å²) in [5, 5.41) is 7.49. The van der Waals surface area contributed by atoms with Crippen LogP contribution in [-0.2, 0) is 23.9 Å². The highest BCUT2D eigenvalue weighted by molar-refractivity contribution is 7.90. The molecule has 3 aromatic rings. The third kappa shape index (κ3) is 4.41. The van der Waals surface area contributed by atoms with E-state index in [-0.39, 0.29) is 32.6 Å². The molecule has 32 heavy (non-hydrogen) atoms. The molecular formula is C19H17ClF2N4O5S. The number of rotatable bonds is 6. The second-order valence-corrected chi connectivity index (χ2v) is 9.35. The number of aromatic nitrogens is 4. The molecule has 2 heterocycles. The smallest absolute Gasteiger partial charge is 0.348 e. The highest BCUT2D eigenvalue weighted by Crippen LogP contribution is 2.30. The number of ether oxygens (including phenoxy) is 1. The molecule has 0 saturated carbocycles. The molecule has 0 amide bonds. The van der Waals surface area contributed by atoms with E-state index in [2.05, 4.69) is 10.2 Å². The minimum absolute atomic E-state index is 0.0536. The van der Waals surface area contributed by atoms with E-state index in [4.69, 9.17) is 16.3 Å². The highest BCUT2D eigenvalue weighted by atomic mass is 35.5. The number of carbonyl (C=O) groups excluding carboxylic acids is 2. The lowest BCUT2D eigenvalue weighted by Crippen LogP contribution is -2.15. The first-order valence-corrected chi connectivity index (χ1v) is 11.2. The SMILES string of the molecule is Cc1nn(C)c(OC(=O)c2cn(C)nc2C(F)F)c1C(=O)c1ccc(S(C)(=O)=O)cc1Cl. The van der Waals surface area contributed by atoms with Gasteiger partial charge in [0.25, 0.3) is 6.43 Å². The third-order valence-corrected chi connectivity index (χ3v) is 5.91. The summed E-state index contributed by atoms with van der Waals surface area (Å²) in [7, 11) is -0.781. The van der Waals surface area contributed by atoms with Crippen molar-refractivity contribution < 1.29 is 31.5 Å². The quantitative estimate of drug-likeness (QED) is 0.389. The summed E-state index contributed by atoms with van der Waals surface area (Å²) in [6.07, 6.45) is -0.940.